The van der Waals surface area contributed by atoms with Crippen LogP contribution in [0.25, 0.3) is 0 Å². The van der Waals surface area contributed by atoms with Crippen molar-refractivity contribution in [3.05, 3.63) is 59.7 Å². The third kappa shape index (κ3) is 2.83. The van der Waals surface area contributed by atoms with Gasteiger partial charge in [-0.2, -0.15) is 4.31 Å². The second-order valence-electron chi connectivity index (χ2n) is 6.99. The maximum atomic E-state index is 13.0. The van der Waals surface area contributed by atoms with E-state index in [0.717, 1.165) is 24.9 Å². The zero-order valence-electron chi connectivity index (χ0n) is 14.8. The summed E-state index contributed by atoms with van der Waals surface area (Å²) in [6, 6.07) is 14.4. The fourth-order valence-corrected chi connectivity index (χ4v) is 5.38. The Labute approximate surface area is 154 Å². The van der Waals surface area contributed by atoms with Crippen LogP contribution in [0.15, 0.2) is 53.4 Å². The second-order valence-corrected chi connectivity index (χ2v) is 8.93. The van der Waals surface area contributed by atoms with Crippen LogP contribution in [0.3, 0.4) is 0 Å². The van der Waals surface area contributed by atoms with Crippen molar-refractivity contribution in [2.45, 2.75) is 37.1 Å². The van der Waals surface area contributed by atoms with E-state index in [4.69, 9.17) is 0 Å². The lowest BCUT2D eigenvalue weighted by molar-refractivity contribution is 0.0981. The fraction of sp³-hybridized carbons (Fsp3) is 0.350. The topological polar surface area (TPSA) is 57.7 Å². The molecule has 0 saturated carbocycles. The van der Waals surface area contributed by atoms with E-state index in [1.165, 1.54) is 9.87 Å². The number of para-hydroxylation sites is 1. The van der Waals surface area contributed by atoms with Gasteiger partial charge in [0.25, 0.3) is 5.91 Å². The molecule has 2 aliphatic heterocycles. The van der Waals surface area contributed by atoms with Crippen LogP contribution in [0.4, 0.5) is 5.69 Å². The summed E-state index contributed by atoms with van der Waals surface area (Å²) < 4.78 is 26.8. The fourth-order valence-electron chi connectivity index (χ4n) is 3.86. The molecule has 0 aliphatic carbocycles. The van der Waals surface area contributed by atoms with E-state index in [-0.39, 0.29) is 16.8 Å². The normalized spacial score (nSPS) is 20.3. The summed E-state index contributed by atoms with van der Waals surface area (Å²) in [5, 5.41) is 0. The predicted octanol–water partition coefficient (Wildman–Crippen LogP) is 3.06. The molecule has 1 fully saturated rings. The molecule has 4 rings (SSSR count). The van der Waals surface area contributed by atoms with Gasteiger partial charge in [-0.15, -0.1) is 0 Å². The van der Waals surface area contributed by atoms with Crippen LogP contribution in [0, 0.1) is 0 Å². The van der Waals surface area contributed by atoms with Crippen molar-refractivity contribution in [2.24, 2.45) is 0 Å². The Morgan fingerprint density at radius 1 is 1.00 bits per heavy atom. The number of fused-ring (bicyclic) bond motifs is 1. The Morgan fingerprint density at radius 2 is 1.65 bits per heavy atom. The van der Waals surface area contributed by atoms with Crippen LogP contribution < -0.4 is 4.90 Å². The minimum atomic E-state index is -3.45. The molecule has 26 heavy (non-hydrogen) atoms. The maximum Gasteiger partial charge on any atom is 0.258 e. The highest BCUT2D eigenvalue weighted by Gasteiger charge is 2.32. The van der Waals surface area contributed by atoms with Gasteiger partial charge in [-0.25, -0.2) is 8.42 Å². The van der Waals surface area contributed by atoms with Crippen LogP contribution >= 0.6 is 0 Å². The molecule has 2 aliphatic rings. The van der Waals surface area contributed by atoms with E-state index >= 15 is 0 Å². The van der Waals surface area contributed by atoms with Crippen molar-refractivity contribution in [3.63, 3.8) is 0 Å². The maximum absolute atomic E-state index is 13.0. The average Bonchev–Trinajstić information content (AvgIpc) is 3.29. The van der Waals surface area contributed by atoms with Crippen LogP contribution in [0.5, 0.6) is 0 Å². The van der Waals surface area contributed by atoms with Crippen molar-refractivity contribution in [2.75, 3.05) is 18.0 Å². The van der Waals surface area contributed by atoms with Crippen LogP contribution in [0.1, 0.15) is 35.7 Å². The smallest absolute Gasteiger partial charge is 0.258 e. The number of carbonyl (C=O) groups excluding carboxylic acids is 1. The van der Waals surface area contributed by atoms with E-state index in [1.807, 2.05) is 31.2 Å². The highest BCUT2D eigenvalue weighted by Crippen LogP contribution is 2.33. The number of rotatable bonds is 3. The van der Waals surface area contributed by atoms with E-state index < -0.39 is 10.0 Å². The third-order valence-corrected chi connectivity index (χ3v) is 7.14. The molecule has 0 radical (unpaired) electrons. The Kier molecular flexibility index (Phi) is 4.32. The van der Waals surface area contributed by atoms with Crippen molar-refractivity contribution >= 4 is 21.6 Å². The average molecular weight is 370 g/mol. The van der Waals surface area contributed by atoms with Crippen molar-refractivity contribution in [3.8, 4) is 0 Å². The van der Waals surface area contributed by atoms with E-state index in [9.17, 15) is 13.2 Å². The minimum absolute atomic E-state index is 0.0902. The number of amides is 1. The molecule has 0 bridgehead atoms. The van der Waals surface area contributed by atoms with Gasteiger partial charge >= 0.3 is 0 Å². The predicted molar refractivity (Wildman–Crippen MR) is 101 cm³/mol. The number of sulfonamides is 1. The minimum Gasteiger partial charge on any atom is -0.305 e. The molecule has 2 heterocycles. The van der Waals surface area contributed by atoms with E-state index in [0.29, 0.717) is 18.7 Å². The molecule has 136 valence electrons. The van der Waals surface area contributed by atoms with Gasteiger partial charge in [-0.05, 0) is 62.1 Å². The Balaban J connectivity index is 1.60. The molecular weight excluding hydrogens is 348 g/mol. The van der Waals surface area contributed by atoms with Gasteiger partial charge in [0.1, 0.15) is 0 Å². The number of hydrogen-bond acceptors (Lipinski definition) is 3. The molecule has 2 aromatic carbocycles. The van der Waals surface area contributed by atoms with Gasteiger partial charge in [0.05, 0.1) is 4.90 Å². The molecule has 6 heteroatoms. The lowest BCUT2D eigenvalue weighted by Gasteiger charge is -2.23. The van der Waals surface area contributed by atoms with Gasteiger partial charge in [-0.3, -0.25) is 4.79 Å². The van der Waals surface area contributed by atoms with Crippen LogP contribution in [0.2, 0.25) is 0 Å². The second kappa shape index (κ2) is 6.52. The lowest BCUT2D eigenvalue weighted by atomic mass is 10.1. The van der Waals surface area contributed by atoms with Gasteiger partial charge in [0, 0.05) is 30.4 Å². The van der Waals surface area contributed by atoms with Crippen molar-refractivity contribution in [1.82, 2.24) is 4.31 Å². The molecule has 1 saturated heterocycles. The Hall–Kier alpha value is -2.18. The summed E-state index contributed by atoms with van der Waals surface area (Å²) in [6.07, 6.45) is 2.65. The van der Waals surface area contributed by atoms with E-state index in [2.05, 4.69) is 0 Å². The summed E-state index contributed by atoms with van der Waals surface area (Å²) >= 11 is 0. The Bertz CT molecular complexity index is 932. The van der Waals surface area contributed by atoms with E-state index in [1.54, 1.807) is 29.2 Å². The molecule has 5 nitrogen and oxygen atoms in total. The van der Waals surface area contributed by atoms with Crippen LogP contribution in [-0.2, 0) is 16.4 Å². The molecule has 0 spiro atoms. The largest absolute Gasteiger partial charge is 0.305 e. The van der Waals surface area contributed by atoms with Gasteiger partial charge in [0.2, 0.25) is 10.0 Å². The molecule has 2 aromatic rings. The summed E-state index contributed by atoms with van der Waals surface area (Å²) in [5.74, 6) is -0.0902. The molecule has 1 atom stereocenters. The first-order valence-electron chi connectivity index (χ1n) is 9.00. The summed E-state index contributed by atoms with van der Waals surface area (Å²) in [4.78, 5) is 15.1. The standard InChI is InChI=1S/C20H22N2O3S/c1-15-14-17-6-2-3-7-19(17)22(15)20(23)16-8-10-18(11-9-16)26(24,25)21-12-4-5-13-21/h2-3,6-11,15H,4-5,12-14H2,1H3/t15-/m0/s1. The number of anilines is 1. The SMILES string of the molecule is C[C@H]1Cc2ccccc2N1C(=O)c1ccc(S(=O)(=O)N2CCCC2)cc1. The van der Waals surface area contributed by atoms with Gasteiger partial charge < -0.3 is 4.90 Å². The quantitative estimate of drug-likeness (QED) is 0.834. The molecular formula is C20H22N2O3S. The van der Waals surface area contributed by atoms with Gasteiger partial charge in [0.15, 0.2) is 0 Å². The summed E-state index contributed by atoms with van der Waals surface area (Å²) in [6.45, 7) is 3.18. The monoisotopic (exact) mass is 370 g/mol. The zero-order chi connectivity index (χ0) is 18.3. The number of benzene rings is 2. The first-order chi connectivity index (χ1) is 12.5. The van der Waals surface area contributed by atoms with Crippen LogP contribution in [-0.4, -0.2) is 37.8 Å². The summed E-state index contributed by atoms with van der Waals surface area (Å²) in [7, 11) is -3.45. The first-order valence-corrected chi connectivity index (χ1v) is 10.4. The van der Waals surface area contributed by atoms with Gasteiger partial charge in [-0.1, -0.05) is 18.2 Å². The molecule has 0 aromatic heterocycles. The molecule has 1 amide bonds. The summed E-state index contributed by atoms with van der Waals surface area (Å²) in [5.41, 5.74) is 2.62. The zero-order valence-corrected chi connectivity index (χ0v) is 15.6. The van der Waals surface area contributed by atoms with Crippen molar-refractivity contribution in [1.29, 1.82) is 0 Å². The Morgan fingerprint density at radius 3 is 2.35 bits per heavy atom. The molecule has 0 unspecified atom stereocenters. The number of hydrogen-bond donors (Lipinski definition) is 0. The van der Waals surface area contributed by atoms with Crippen molar-refractivity contribution < 1.29 is 13.2 Å². The first kappa shape index (κ1) is 17.2. The number of carbonyl (C=O) groups is 1. The highest BCUT2D eigenvalue weighted by molar-refractivity contribution is 7.89. The lowest BCUT2D eigenvalue weighted by Crippen LogP contribution is -2.35. The highest BCUT2D eigenvalue weighted by atomic mass is 32.2. The third-order valence-electron chi connectivity index (χ3n) is 5.23. The molecule has 0 N–H and O–H groups in total. The number of nitrogens with zero attached hydrogens (tertiary/aromatic N) is 2.